The van der Waals surface area contributed by atoms with Gasteiger partial charge in [-0.1, -0.05) is 6.07 Å². The molecule has 2 aromatic rings. The first-order valence-electron chi connectivity index (χ1n) is 6.89. The standard InChI is InChI=1S/C15H19N3O/c1-2-18(11-6-8-16-10-11)15(19)13-4-3-5-14-12(13)7-9-17-14/h3-5,7,9,11,16-17H,2,6,8,10H2,1H3. The predicted molar refractivity (Wildman–Crippen MR) is 76.3 cm³/mol. The fraction of sp³-hybridized carbons (Fsp3) is 0.400. The van der Waals surface area contributed by atoms with E-state index in [1.165, 1.54) is 0 Å². The first-order valence-corrected chi connectivity index (χ1v) is 6.89. The van der Waals surface area contributed by atoms with Crippen molar-refractivity contribution in [1.82, 2.24) is 15.2 Å². The lowest BCUT2D eigenvalue weighted by molar-refractivity contribution is 0.0706. The van der Waals surface area contributed by atoms with Gasteiger partial charge in [-0.15, -0.1) is 0 Å². The molecule has 1 amide bonds. The van der Waals surface area contributed by atoms with E-state index in [0.29, 0.717) is 6.04 Å². The fourth-order valence-corrected chi connectivity index (χ4v) is 2.90. The number of carbonyl (C=O) groups is 1. The zero-order chi connectivity index (χ0) is 13.2. The van der Waals surface area contributed by atoms with Crippen LogP contribution >= 0.6 is 0 Å². The number of likely N-dealkylation sites (N-methyl/N-ethyl adjacent to an activating group) is 1. The number of hydrogen-bond donors (Lipinski definition) is 2. The molecule has 0 aliphatic carbocycles. The molecule has 19 heavy (non-hydrogen) atoms. The molecule has 3 rings (SSSR count). The summed E-state index contributed by atoms with van der Waals surface area (Å²) in [4.78, 5) is 17.9. The highest BCUT2D eigenvalue weighted by atomic mass is 16.2. The number of hydrogen-bond acceptors (Lipinski definition) is 2. The van der Waals surface area contributed by atoms with Gasteiger partial charge in [0.15, 0.2) is 0 Å². The largest absolute Gasteiger partial charge is 0.361 e. The number of nitrogens with zero attached hydrogens (tertiary/aromatic N) is 1. The summed E-state index contributed by atoms with van der Waals surface area (Å²) in [5, 5.41) is 4.34. The molecule has 0 saturated carbocycles. The lowest BCUT2D eigenvalue weighted by atomic mass is 10.1. The van der Waals surface area contributed by atoms with E-state index in [0.717, 1.165) is 42.5 Å². The average molecular weight is 257 g/mol. The fourth-order valence-electron chi connectivity index (χ4n) is 2.90. The van der Waals surface area contributed by atoms with Gasteiger partial charge in [0.2, 0.25) is 0 Å². The molecule has 2 heterocycles. The highest BCUT2D eigenvalue weighted by molar-refractivity contribution is 6.06. The smallest absolute Gasteiger partial charge is 0.254 e. The molecule has 1 aliphatic rings. The maximum atomic E-state index is 12.8. The molecule has 100 valence electrons. The van der Waals surface area contributed by atoms with Crippen LogP contribution in [-0.2, 0) is 0 Å². The summed E-state index contributed by atoms with van der Waals surface area (Å²) in [6, 6.07) is 8.16. The van der Waals surface area contributed by atoms with Gasteiger partial charge in [-0.3, -0.25) is 4.79 Å². The lowest BCUT2D eigenvalue weighted by Crippen LogP contribution is -2.41. The van der Waals surface area contributed by atoms with Crippen LogP contribution in [0.15, 0.2) is 30.5 Å². The third kappa shape index (κ3) is 2.12. The van der Waals surface area contributed by atoms with Crippen molar-refractivity contribution in [2.75, 3.05) is 19.6 Å². The summed E-state index contributed by atoms with van der Waals surface area (Å²) in [7, 11) is 0. The molecule has 1 atom stereocenters. The molecule has 1 aromatic carbocycles. The van der Waals surface area contributed by atoms with Gasteiger partial charge in [0, 0.05) is 41.8 Å². The summed E-state index contributed by atoms with van der Waals surface area (Å²) < 4.78 is 0. The zero-order valence-corrected chi connectivity index (χ0v) is 11.1. The van der Waals surface area contributed by atoms with E-state index in [2.05, 4.69) is 10.3 Å². The van der Waals surface area contributed by atoms with E-state index in [-0.39, 0.29) is 5.91 Å². The van der Waals surface area contributed by atoms with E-state index >= 15 is 0 Å². The van der Waals surface area contributed by atoms with Crippen molar-refractivity contribution in [2.24, 2.45) is 0 Å². The second-order valence-electron chi connectivity index (χ2n) is 4.98. The molecule has 1 aliphatic heterocycles. The van der Waals surface area contributed by atoms with Crippen molar-refractivity contribution in [3.8, 4) is 0 Å². The topological polar surface area (TPSA) is 48.1 Å². The van der Waals surface area contributed by atoms with Gasteiger partial charge >= 0.3 is 0 Å². The highest BCUT2D eigenvalue weighted by Crippen LogP contribution is 2.21. The second kappa shape index (κ2) is 5.05. The Hall–Kier alpha value is -1.81. The molecule has 1 aromatic heterocycles. The summed E-state index contributed by atoms with van der Waals surface area (Å²) in [6.45, 7) is 4.71. The van der Waals surface area contributed by atoms with Crippen molar-refractivity contribution in [1.29, 1.82) is 0 Å². The van der Waals surface area contributed by atoms with Gasteiger partial charge in [0.25, 0.3) is 5.91 Å². The quantitative estimate of drug-likeness (QED) is 0.883. The zero-order valence-electron chi connectivity index (χ0n) is 11.1. The molecular formula is C15H19N3O. The van der Waals surface area contributed by atoms with Gasteiger partial charge < -0.3 is 15.2 Å². The molecule has 0 spiro atoms. The normalized spacial score (nSPS) is 18.9. The van der Waals surface area contributed by atoms with Crippen LogP contribution in [0.3, 0.4) is 0 Å². The van der Waals surface area contributed by atoms with Crippen LogP contribution in [0.5, 0.6) is 0 Å². The van der Waals surface area contributed by atoms with Crippen molar-refractivity contribution >= 4 is 16.8 Å². The van der Waals surface area contributed by atoms with Crippen LogP contribution in [0.25, 0.3) is 10.9 Å². The Labute approximate surface area is 112 Å². The number of aromatic amines is 1. The number of H-pyrrole nitrogens is 1. The maximum Gasteiger partial charge on any atom is 0.254 e. The Morgan fingerprint density at radius 3 is 3.05 bits per heavy atom. The molecular weight excluding hydrogens is 238 g/mol. The third-order valence-corrected chi connectivity index (χ3v) is 3.90. The monoisotopic (exact) mass is 257 g/mol. The SMILES string of the molecule is CCN(C(=O)c1cccc2[nH]ccc12)C1CCNC1. The Morgan fingerprint density at radius 2 is 2.32 bits per heavy atom. The minimum atomic E-state index is 0.140. The molecule has 0 radical (unpaired) electrons. The Bertz CT molecular complexity index is 584. The van der Waals surface area contributed by atoms with Gasteiger partial charge in [0.1, 0.15) is 0 Å². The minimum absolute atomic E-state index is 0.140. The molecule has 0 bridgehead atoms. The summed E-state index contributed by atoms with van der Waals surface area (Å²) in [6.07, 6.45) is 2.93. The molecule has 2 N–H and O–H groups in total. The Balaban J connectivity index is 1.95. The molecule has 4 heteroatoms. The van der Waals surface area contributed by atoms with E-state index in [9.17, 15) is 4.79 Å². The van der Waals surface area contributed by atoms with Crippen molar-refractivity contribution < 1.29 is 4.79 Å². The van der Waals surface area contributed by atoms with Crippen LogP contribution < -0.4 is 5.32 Å². The molecule has 1 saturated heterocycles. The number of rotatable bonds is 3. The predicted octanol–water partition coefficient (Wildman–Crippen LogP) is 1.99. The van der Waals surface area contributed by atoms with Crippen molar-refractivity contribution in [2.45, 2.75) is 19.4 Å². The maximum absolute atomic E-state index is 12.8. The molecule has 4 nitrogen and oxygen atoms in total. The van der Waals surface area contributed by atoms with E-state index in [4.69, 9.17) is 0 Å². The first kappa shape index (κ1) is 12.2. The third-order valence-electron chi connectivity index (χ3n) is 3.90. The molecule has 1 fully saturated rings. The number of fused-ring (bicyclic) bond motifs is 1. The van der Waals surface area contributed by atoms with Gasteiger partial charge in [-0.2, -0.15) is 0 Å². The van der Waals surface area contributed by atoms with E-state index < -0.39 is 0 Å². The van der Waals surface area contributed by atoms with Crippen LogP contribution in [0.2, 0.25) is 0 Å². The Kier molecular flexibility index (Phi) is 3.25. The van der Waals surface area contributed by atoms with Crippen molar-refractivity contribution in [3.05, 3.63) is 36.0 Å². The summed E-state index contributed by atoms with van der Waals surface area (Å²) in [5.74, 6) is 0.140. The molecule has 1 unspecified atom stereocenters. The lowest BCUT2D eigenvalue weighted by Gasteiger charge is -2.27. The Morgan fingerprint density at radius 1 is 1.42 bits per heavy atom. The van der Waals surface area contributed by atoms with Gasteiger partial charge in [0.05, 0.1) is 0 Å². The van der Waals surface area contributed by atoms with Crippen LogP contribution in [0, 0.1) is 0 Å². The van der Waals surface area contributed by atoms with Gasteiger partial charge in [-0.05, 0) is 38.1 Å². The van der Waals surface area contributed by atoms with Crippen LogP contribution in [0.1, 0.15) is 23.7 Å². The number of carbonyl (C=O) groups excluding carboxylic acids is 1. The number of amides is 1. The first-order chi connectivity index (χ1) is 9.31. The summed E-state index contributed by atoms with van der Waals surface area (Å²) >= 11 is 0. The van der Waals surface area contributed by atoms with Crippen LogP contribution in [-0.4, -0.2) is 41.5 Å². The number of benzene rings is 1. The van der Waals surface area contributed by atoms with E-state index in [1.807, 2.05) is 42.3 Å². The number of nitrogens with one attached hydrogen (secondary N) is 2. The minimum Gasteiger partial charge on any atom is -0.361 e. The second-order valence-corrected chi connectivity index (χ2v) is 4.98. The summed E-state index contributed by atoms with van der Waals surface area (Å²) in [5.41, 5.74) is 1.82. The van der Waals surface area contributed by atoms with Crippen molar-refractivity contribution in [3.63, 3.8) is 0 Å². The average Bonchev–Trinajstić information content (AvgIpc) is 3.09. The number of aromatic nitrogens is 1. The van der Waals surface area contributed by atoms with E-state index in [1.54, 1.807) is 0 Å². The van der Waals surface area contributed by atoms with Gasteiger partial charge in [-0.25, -0.2) is 0 Å². The van der Waals surface area contributed by atoms with Crippen LogP contribution in [0.4, 0.5) is 0 Å². The highest BCUT2D eigenvalue weighted by Gasteiger charge is 2.26.